The molecular formula is C30H32F3N5O3. The average Bonchev–Trinajstić information content (AvgIpc) is 3.37. The monoisotopic (exact) mass is 567 g/mol. The summed E-state index contributed by atoms with van der Waals surface area (Å²) in [5.74, 6) is -3.61. The number of benzene rings is 1. The second kappa shape index (κ2) is 11.4. The number of piperidine rings is 1. The molecular weight excluding hydrogens is 535 g/mol. The molecule has 0 unspecified atom stereocenters. The van der Waals surface area contributed by atoms with Gasteiger partial charge in [-0.3, -0.25) is 9.78 Å². The highest BCUT2D eigenvalue weighted by atomic mass is 19.1. The summed E-state index contributed by atoms with van der Waals surface area (Å²) in [6.07, 6.45) is 5.22. The fourth-order valence-electron chi connectivity index (χ4n) is 5.37. The van der Waals surface area contributed by atoms with Crippen LogP contribution in [0.1, 0.15) is 61.8 Å². The van der Waals surface area contributed by atoms with Crippen LogP contribution in [-0.4, -0.2) is 46.7 Å². The van der Waals surface area contributed by atoms with Crippen molar-refractivity contribution in [2.24, 2.45) is 0 Å². The highest BCUT2D eigenvalue weighted by molar-refractivity contribution is 6.05. The fourth-order valence-corrected chi connectivity index (χ4v) is 5.37. The van der Waals surface area contributed by atoms with Gasteiger partial charge in [0.2, 0.25) is 0 Å². The minimum absolute atomic E-state index is 0.163. The summed E-state index contributed by atoms with van der Waals surface area (Å²) in [7, 11) is 0. The van der Waals surface area contributed by atoms with Crippen molar-refractivity contribution in [1.29, 1.82) is 0 Å². The number of hydrogen-bond acceptors (Lipinski definition) is 6. The van der Waals surface area contributed by atoms with Crippen molar-refractivity contribution in [2.75, 3.05) is 23.3 Å². The van der Waals surface area contributed by atoms with Gasteiger partial charge >= 0.3 is 6.09 Å². The number of fused-ring (bicyclic) bond motifs is 1. The van der Waals surface area contributed by atoms with E-state index in [1.165, 1.54) is 6.07 Å². The molecule has 8 nitrogen and oxygen atoms in total. The molecule has 2 aromatic heterocycles. The number of nitrogens with zero attached hydrogens (tertiary/aromatic N) is 3. The molecule has 5 rings (SSSR count). The highest BCUT2D eigenvalue weighted by Crippen LogP contribution is 2.38. The number of rotatable bonds is 5. The second-order valence-electron chi connectivity index (χ2n) is 11.3. The van der Waals surface area contributed by atoms with Gasteiger partial charge in [-0.1, -0.05) is 6.07 Å². The summed E-state index contributed by atoms with van der Waals surface area (Å²) < 4.78 is 48.8. The Morgan fingerprint density at radius 3 is 2.51 bits per heavy atom. The van der Waals surface area contributed by atoms with Crippen molar-refractivity contribution >= 4 is 23.4 Å². The van der Waals surface area contributed by atoms with Crippen LogP contribution in [0.4, 0.5) is 29.3 Å². The van der Waals surface area contributed by atoms with Gasteiger partial charge in [-0.15, -0.1) is 0 Å². The van der Waals surface area contributed by atoms with Crippen LogP contribution >= 0.6 is 0 Å². The summed E-state index contributed by atoms with van der Waals surface area (Å²) in [5.41, 5.74) is 1.19. The van der Waals surface area contributed by atoms with E-state index in [2.05, 4.69) is 25.5 Å². The maximum Gasteiger partial charge on any atom is 0.407 e. The van der Waals surface area contributed by atoms with E-state index in [1.54, 1.807) is 27.0 Å². The first-order valence-electron chi connectivity index (χ1n) is 13.7. The van der Waals surface area contributed by atoms with E-state index in [4.69, 9.17) is 4.74 Å². The summed E-state index contributed by atoms with van der Waals surface area (Å²) >= 11 is 0. The number of nitrogens with one attached hydrogen (secondary N) is 2. The first-order chi connectivity index (χ1) is 19.5. The van der Waals surface area contributed by atoms with E-state index < -0.39 is 46.3 Å². The lowest BCUT2D eigenvalue weighted by molar-refractivity contribution is 0.0500. The van der Waals surface area contributed by atoms with Gasteiger partial charge in [0.15, 0.2) is 0 Å². The van der Waals surface area contributed by atoms with Gasteiger partial charge in [-0.2, -0.15) is 0 Å². The van der Waals surface area contributed by atoms with Gasteiger partial charge in [0.05, 0.1) is 23.1 Å². The zero-order chi connectivity index (χ0) is 29.3. The number of carbonyl (C=O) groups excluding carboxylic acids is 2. The molecule has 3 heterocycles. The summed E-state index contributed by atoms with van der Waals surface area (Å²) in [4.78, 5) is 36.5. The molecule has 1 atom stereocenters. The number of aryl methyl sites for hydroxylation is 1. The van der Waals surface area contributed by atoms with Gasteiger partial charge < -0.3 is 20.3 Å². The molecule has 2 aliphatic rings. The lowest BCUT2D eigenvalue weighted by atomic mass is 10.0. The number of pyridine rings is 2. The summed E-state index contributed by atoms with van der Waals surface area (Å²) in [6, 6.07) is 5.12. The number of amides is 2. The molecule has 41 heavy (non-hydrogen) atoms. The molecule has 0 spiro atoms. The highest BCUT2D eigenvalue weighted by Gasteiger charge is 2.30. The SMILES string of the molecule is CC(C)(C)OC(=O)N[C@H]1CCCN(c2c(NC(=O)c3ccc(F)c(-c4c(F)cccc4F)n3)cnc3c2CCC3)C1. The number of hydrogen-bond donors (Lipinski definition) is 2. The molecule has 2 N–H and O–H groups in total. The van der Waals surface area contributed by atoms with Crippen LogP contribution in [0.5, 0.6) is 0 Å². The van der Waals surface area contributed by atoms with E-state index in [0.29, 0.717) is 18.8 Å². The third-order valence-corrected chi connectivity index (χ3v) is 7.06. The van der Waals surface area contributed by atoms with Crippen LogP contribution in [0.2, 0.25) is 0 Å². The normalized spacial score (nSPS) is 16.7. The number of halogens is 3. The van der Waals surface area contributed by atoms with Crippen LogP contribution in [0.15, 0.2) is 36.5 Å². The number of alkyl carbamates (subject to hydrolysis) is 1. The molecule has 1 fully saturated rings. The summed E-state index contributed by atoms with van der Waals surface area (Å²) in [5, 5.41) is 5.79. The Morgan fingerprint density at radius 1 is 1.02 bits per heavy atom. The zero-order valence-electron chi connectivity index (χ0n) is 23.2. The molecule has 0 bridgehead atoms. The minimum Gasteiger partial charge on any atom is -0.444 e. The first kappa shape index (κ1) is 28.4. The third-order valence-electron chi connectivity index (χ3n) is 7.06. The Labute approximate surface area is 236 Å². The minimum atomic E-state index is -0.987. The molecule has 1 aliphatic carbocycles. The third kappa shape index (κ3) is 6.28. The number of anilines is 2. The molecule has 3 aromatic rings. The van der Waals surface area contributed by atoms with Gasteiger partial charge in [0.25, 0.3) is 5.91 Å². The Kier molecular flexibility index (Phi) is 7.88. The standard InChI is InChI=1S/C30H32F3N5O3/c1-30(2,3)41-29(40)35-17-7-6-14-38(16-17)27-18-8-4-11-22(18)34-15-24(27)37-28(39)23-13-12-21(33)26(36-23)25-19(31)9-5-10-20(25)32/h5,9-10,12-13,15,17H,4,6-8,11,14,16H2,1-3H3,(H,35,40)(H,37,39)/t17-/m0/s1. The predicted molar refractivity (Wildman–Crippen MR) is 148 cm³/mol. The van der Waals surface area contributed by atoms with Crippen LogP contribution < -0.4 is 15.5 Å². The molecule has 2 amide bonds. The lowest BCUT2D eigenvalue weighted by Gasteiger charge is -2.37. The van der Waals surface area contributed by atoms with E-state index in [9.17, 15) is 22.8 Å². The maximum absolute atomic E-state index is 14.6. The van der Waals surface area contributed by atoms with Crippen LogP contribution in [0.3, 0.4) is 0 Å². The van der Waals surface area contributed by atoms with Crippen LogP contribution in [-0.2, 0) is 17.6 Å². The topological polar surface area (TPSA) is 96.5 Å². The first-order valence-corrected chi connectivity index (χ1v) is 13.7. The molecule has 1 aliphatic heterocycles. The Bertz CT molecular complexity index is 1470. The molecule has 1 aromatic carbocycles. The quantitative estimate of drug-likeness (QED) is 0.405. The number of aromatic nitrogens is 2. The van der Waals surface area contributed by atoms with Crippen molar-refractivity contribution < 1.29 is 27.5 Å². The Hall–Kier alpha value is -4.15. The molecule has 0 radical (unpaired) electrons. The average molecular weight is 568 g/mol. The second-order valence-corrected chi connectivity index (χ2v) is 11.3. The Balaban J connectivity index is 1.42. The largest absolute Gasteiger partial charge is 0.444 e. The van der Waals surface area contributed by atoms with Crippen LogP contribution in [0, 0.1) is 17.5 Å². The predicted octanol–water partition coefficient (Wildman–Crippen LogP) is 5.80. The van der Waals surface area contributed by atoms with Crippen molar-refractivity contribution in [3.05, 3.63) is 70.9 Å². The molecule has 11 heteroatoms. The maximum atomic E-state index is 14.6. The van der Waals surface area contributed by atoms with E-state index in [-0.39, 0.29) is 11.7 Å². The van der Waals surface area contributed by atoms with Gasteiger partial charge in [-0.05, 0) is 82.7 Å². The lowest BCUT2D eigenvalue weighted by Crippen LogP contribution is -2.49. The van der Waals surface area contributed by atoms with Crippen molar-refractivity contribution in [3.63, 3.8) is 0 Å². The van der Waals surface area contributed by atoms with E-state index >= 15 is 0 Å². The smallest absolute Gasteiger partial charge is 0.407 e. The van der Waals surface area contributed by atoms with Crippen molar-refractivity contribution in [2.45, 2.75) is 64.5 Å². The molecule has 0 saturated carbocycles. The zero-order valence-corrected chi connectivity index (χ0v) is 23.2. The molecule has 1 saturated heterocycles. The van der Waals surface area contributed by atoms with E-state index in [0.717, 1.165) is 73.3 Å². The number of ether oxygens (including phenoxy) is 1. The Morgan fingerprint density at radius 2 is 1.78 bits per heavy atom. The van der Waals surface area contributed by atoms with Gasteiger partial charge in [0, 0.05) is 24.8 Å². The van der Waals surface area contributed by atoms with Crippen molar-refractivity contribution in [1.82, 2.24) is 15.3 Å². The van der Waals surface area contributed by atoms with Crippen LogP contribution in [0.25, 0.3) is 11.3 Å². The fraction of sp³-hybridized carbons (Fsp3) is 0.400. The van der Waals surface area contributed by atoms with Crippen molar-refractivity contribution in [3.8, 4) is 11.3 Å². The van der Waals surface area contributed by atoms with E-state index in [1.807, 2.05) is 0 Å². The summed E-state index contributed by atoms with van der Waals surface area (Å²) in [6.45, 7) is 6.63. The molecule has 216 valence electrons. The number of carbonyl (C=O) groups is 2. The van der Waals surface area contributed by atoms with Gasteiger partial charge in [0.1, 0.15) is 34.4 Å². The van der Waals surface area contributed by atoms with Gasteiger partial charge in [-0.25, -0.2) is 22.9 Å².